The average molecular weight is 306 g/mol. The Morgan fingerprint density at radius 3 is 2.50 bits per heavy atom. The van der Waals surface area contributed by atoms with Crippen LogP contribution in [0.4, 0.5) is 16.2 Å². The Kier molecular flexibility index (Phi) is 7.78. The van der Waals surface area contributed by atoms with Crippen molar-refractivity contribution in [1.82, 2.24) is 0 Å². The van der Waals surface area contributed by atoms with Crippen LogP contribution in [-0.2, 0) is 4.74 Å². The van der Waals surface area contributed by atoms with Gasteiger partial charge in [-0.25, -0.2) is 4.79 Å². The van der Waals surface area contributed by atoms with Gasteiger partial charge in [0.1, 0.15) is 6.10 Å². The first-order valence-electron chi connectivity index (χ1n) is 8.34. The number of nitrogens with two attached hydrogens (primary N) is 1. The van der Waals surface area contributed by atoms with E-state index >= 15 is 0 Å². The molecular formula is C18H30N2O2. The Hall–Kier alpha value is -1.71. The van der Waals surface area contributed by atoms with E-state index in [1.54, 1.807) is 6.07 Å². The maximum absolute atomic E-state index is 12.0. The highest BCUT2D eigenvalue weighted by atomic mass is 16.6. The first-order valence-corrected chi connectivity index (χ1v) is 8.34. The lowest BCUT2D eigenvalue weighted by molar-refractivity contribution is 0.0978. The molecule has 1 atom stereocenters. The second-order valence-corrected chi connectivity index (χ2v) is 6.08. The highest BCUT2D eigenvalue weighted by molar-refractivity contribution is 5.85. The number of unbranched alkanes of at least 4 members (excludes halogenated alkanes) is 1. The van der Waals surface area contributed by atoms with Crippen LogP contribution >= 0.6 is 0 Å². The van der Waals surface area contributed by atoms with Gasteiger partial charge in [0.25, 0.3) is 0 Å². The molecule has 4 nitrogen and oxygen atoms in total. The molecule has 0 aliphatic rings. The molecule has 0 aliphatic heterocycles. The van der Waals surface area contributed by atoms with Crippen LogP contribution in [-0.4, -0.2) is 12.2 Å². The predicted molar refractivity (Wildman–Crippen MR) is 93.3 cm³/mol. The molecule has 1 unspecified atom stereocenters. The van der Waals surface area contributed by atoms with Gasteiger partial charge < -0.3 is 10.5 Å². The van der Waals surface area contributed by atoms with E-state index in [1.807, 2.05) is 12.1 Å². The topological polar surface area (TPSA) is 64.3 Å². The van der Waals surface area contributed by atoms with Gasteiger partial charge in [0.2, 0.25) is 0 Å². The first-order chi connectivity index (χ1) is 10.5. The highest BCUT2D eigenvalue weighted by Crippen LogP contribution is 2.25. The van der Waals surface area contributed by atoms with Crippen molar-refractivity contribution >= 4 is 17.5 Å². The highest BCUT2D eigenvalue weighted by Gasteiger charge is 2.14. The molecule has 0 spiro atoms. The Morgan fingerprint density at radius 2 is 1.95 bits per heavy atom. The van der Waals surface area contributed by atoms with Gasteiger partial charge in [-0.1, -0.05) is 53.0 Å². The summed E-state index contributed by atoms with van der Waals surface area (Å²) < 4.78 is 5.52. The molecule has 0 saturated heterocycles. The van der Waals surface area contributed by atoms with Crippen molar-refractivity contribution in [3.05, 3.63) is 23.8 Å². The van der Waals surface area contributed by atoms with Crippen LogP contribution in [0.1, 0.15) is 71.3 Å². The zero-order chi connectivity index (χ0) is 16.5. The van der Waals surface area contributed by atoms with Gasteiger partial charge in [-0.05, 0) is 36.5 Å². The summed E-state index contributed by atoms with van der Waals surface area (Å²) in [5, 5.41) is 2.77. The molecule has 4 heteroatoms. The smallest absolute Gasteiger partial charge is 0.411 e. The number of nitrogen functional groups attached to an aromatic ring is 1. The average Bonchev–Trinajstić information content (AvgIpc) is 2.44. The molecule has 0 aromatic heterocycles. The minimum Gasteiger partial charge on any atom is -0.446 e. The van der Waals surface area contributed by atoms with E-state index < -0.39 is 6.09 Å². The Bertz CT molecular complexity index is 472. The van der Waals surface area contributed by atoms with Crippen LogP contribution in [0.15, 0.2) is 18.2 Å². The number of nitrogens with one attached hydrogen (secondary N) is 1. The lowest BCUT2D eigenvalue weighted by Gasteiger charge is -2.18. The van der Waals surface area contributed by atoms with Gasteiger partial charge >= 0.3 is 6.09 Å². The van der Waals surface area contributed by atoms with Crippen LogP contribution in [0.25, 0.3) is 0 Å². The lowest BCUT2D eigenvalue weighted by atomic mass is 10.0. The quantitative estimate of drug-likeness (QED) is 0.640. The summed E-state index contributed by atoms with van der Waals surface area (Å²) in [6, 6.07) is 5.61. The van der Waals surface area contributed by atoms with Gasteiger partial charge in [-0.3, -0.25) is 5.32 Å². The minimum atomic E-state index is -0.397. The zero-order valence-corrected chi connectivity index (χ0v) is 14.3. The third-order valence-electron chi connectivity index (χ3n) is 3.72. The van der Waals surface area contributed by atoms with E-state index in [2.05, 4.69) is 33.0 Å². The second kappa shape index (κ2) is 9.34. The van der Waals surface area contributed by atoms with Crippen LogP contribution in [0.2, 0.25) is 0 Å². The van der Waals surface area contributed by atoms with Crippen molar-refractivity contribution in [2.24, 2.45) is 0 Å². The van der Waals surface area contributed by atoms with Crippen molar-refractivity contribution in [1.29, 1.82) is 0 Å². The molecule has 1 amide bonds. The third kappa shape index (κ3) is 5.96. The van der Waals surface area contributed by atoms with Crippen LogP contribution in [0.5, 0.6) is 0 Å². The van der Waals surface area contributed by atoms with Crippen molar-refractivity contribution in [3.8, 4) is 0 Å². The van der Waals surface area contributed by atoms with E-state index in [9.17, 15) is 4.79 Å². The summed E-state index contributed by atoms with van der Waals surface area (Å²) in [4.78, 5) is 12.0. The van der Waals surface area contributed by atoms with Crippen molar-refractivity contribution in [2.75, 3.05) is 11.1 Å². The fourth-order valence-corrected chi connectivity index (χ4v) is 2.49. The maximum Gasteiger partial charge on any atom is 0.411 e. The summed E-state index contributed by atoms with van der Waals surface area (Å²) in [5.41, 5.74) is 8.49. The molecule has 0 saturated carbocycles. The van der Waals surface area contributed by atoms with Crippen molar-refractivity contribution in [3.63, 3.8) is 0 Å². The number of carbonyl (C=O) groups is 1. The van der Waals surface area contributed by atoms with E-state index in [1.165, 1.54) is 0 Å². The van der Waals surface area contributed by atoms with Gasteiger partial charge in [-0.2, -0.15) is 0 Å². The maximum atomic E-state index is 12.0. The summed E-state index contributed by atoms with van der Waals surface area (Å²) in [5.74, 6) is 0.365. The molecule has 0 aliphatic carbocycles. The van der Waals surface area contributed by atoms with E-state index in [0.29, 0.717) is 17.3 Å². The molecule has 1 rings (SSSR count). The van der Waals surface area contributed by atoms with Gasteiger partial charge in [-0.15, -0.1) is 0 Å². The largest absolute Gasteiger partial charge is 0.446 e. The van der Waals surface area contributed by atoms with Crippen molar-refractivity contribution < 1.29 is 9.53 Å². The Labute approximate surface area is 134 Å². The normalized spacial score (nSPS) is 12.2. The lowest BCUT2D eigenvalue weighted by Crippen LogP contribution is -2.22. The van der Waals surface area contributed by atoms with Gasteiger partial charge in [0.15, 0.2) is 0 Å². The summed E-state index contributed by atoms with van der Waals surface area (Å²) >= 11 is 0. The Balaban J connectivity index is 2.61. The molecule has 124 valence electrons. The fourth-order valence-electron chi connectivity index (χ4n) is 2.49. The predicted octanol–water partition coefficient (Wildman–Crippen LogP) is 5.30. The minimum absolute atomic E-state index is 0.00256. The first kappa shape index (κ1) is 18.3. The molecule has 0 fully saturated rings. The summed E-state index contributed by atoms with van der Waals surface area (Å²) in [7, 11) is 0. The number of hydrogen-bond acceptors (Lipinski definition) is 3. The number of amides is 1. The van der Waals surface area contributed by atoms with Gasteiger partial charge in [0, 0.05) is 11.4 Å². The molecule has 1 aromatic rings. The third-order valence-corrected chi connectivity index (χ3v) is 3.72. The molecule has 22 heavy (non-hydrogen) atoms. The summed E-state index contributed by atoms with van der Waals surface area (Å²) in [6.07, 6.45) is 4.63. The van der Waals surface area contributed by atoms with E-state index in [-0.39, 0.29) is 6.10 Å². The fraction of sp³-hybridized carbons (Fsp3) is 0.611. The van der Waals surface area contributed by atoms with E-state index in [4.69, 9.17) is 10.5 Å². The monoisotopic (exact) mass is 306 g/mol. The van der Waals surface area contributed by atoms with E-state index in [0.717, 1.165) is 37.7 Å². The summed E-state index contributed by atoms with van der Waals surface area (Å²) in [6.45, 7) is 8.43. The molecule has 1 aromatic carbocycles. The number of benzene rings is 1. The number of carbonyl (C=O) groups excluding carboxylic acids is 1. The SMILES string of the molecule is CCCCC(CCC)OC(=O)Nc1ccc(C(C)C)c(N)c1. The molecule has 0 radical (unpaired) electrons. The zero-order valence-electron chi connectivity index (χ0n) is 14.3. The standard InChI is InChI=1S/C18H30N2O2/c1-5-7-9-15(8-6-2)22-18(21)20-14-10-11-16(13(3)4)17(19)12-14/h10-13,15H,5-9,19H2,1-4H3,(H,20,21). The van der Waals surface area contributed by atoms with Crippen molar-refractivity contribution in [2.45, 2.75) is 71.8 Å². The molecular weight excluding hydrogens is 276 g/mol. The van der Waals surface area contributed by atoms with Gasteiger partial charge in [0.05, 0.1) is 0 Å². The molecule has 0 heterocycles. The Morgan fingerprint density at radius 1 is 1.23 bits per heavy atom. The molecule has 3 N–H and O–H groups in total. The molecule has 0 bridgehead atoms. The second-order valence-electron chi connectivity index (χ2n) is 6.08. The number of anilines is 2. The van der Waals surface area contributed by atoms with Crippen LogP contribution in [0, 0.1) is 0 Å². The number of ether oxygens (including phenoxy) is 1. The number of rotatable bonds is 8. The number of hydrogen-bond donors (Lipinski definition) is 2. The van der Waals surface area contributed by atoms with Crippen LogP contribution < -0.4 is 11.1 Å². The van der Waals surface area contributed by atoms with Crippen LogP contribution in [0.3, 0.4) is 0 Å².